The van der Waals surface area contributed by atoms with E-state index >= 15 is 0 Å². The van der Waals surface area contributed by atoms with Crippen molar-refractivity contribution in [3.8, 4) is 0 Å². The van der Waals surface area contributed by atoms with E-state index in [2.05, 4.69) is 33.8 Å². The maximum absolute atomic E-state index is 11.5. The van der Waals surface area contributed by atoms with Gasteiger partial charge < -0.3 is 9.42 Å². The van der Waals surface area contributed by atoms with Crippen molar-refractivity contribution in [1.29, 1.82) is 0 Å². The highest BCUT2D eigenvalue weighted by atomic mass is 16.5. The smallest absolute Gasteiger partial charge is 0.243 e. The zero-order chi connectivity index (χ0) is 17.3. The predicted molar refractivity (Wildman–Crippen MR) is 90.4 cm³/mol. The van der Waals surface area contributed by atoms with E-state index in [0.717, 1.165) is 57.4 Å². The highest BCUT2D eigenvalue weighted by Gasteiger charge is 2.38. The van der Waals surface area contributed by atoms with Crippen molar-refractivity contribution in [2.45, 2.75) is 46.2 Å². The number of rotatable bonds is 4. The van der Waals surface area contributed by atoms with Gasteiger partial charge in [0.25, 0.3) is 0 Å². The lowest BCUT2D eigenvalue weighted by Crippen LogP contribution is -2.53. The molecule has 7 nitrogen and oxygen atoms in total. The molecule has 2 fully saturated rings. The van der Waals surface area contributed by atoms with Crippen LogP contribution in [0.3, 0.4) is 0 Å². The van der Waals surface area contributed by atoms with Crippen LogP contribution in [0.1, 0.15) is 45.5 Å². The van der Waals surface area contributed by atoms with Crippen LogP contribution >= 0.6 is 0 Å². The number of carbonyl (C=O) groups is 1. The van der Waals surface area contributed by atoms with Crippen LogP contribution in [0, 0.1) is 5.92 Å². The number of aromatic nitrogens is 2. The van der Waals surface area contributed by atoms with Crippen LogP contribution in [-0.4, -0.2) is 76.1 Å². The van der Waals surface area contributed by atoms with Gasteiger partial charge in [-0.25, -0.2) is 0 Å². The molecule has 0 aliphatic carbocycles. The van der Waals surface area contributed by atoms with E-state index in [9.17, 15) is 4.79 Å². The summed E-state index contributed by atoms with van der Waals surface area (Å²) in [5.74, 6) is 2.29. The molecule has 24 heavy (non-hydrogen) atoms. The van der Waals surface area contributed by atoms with E-state index in [0.29, 0.717) is 12.0 Å². The summed E-state index contributed by atoms with van der Waals surface area (Å²) in [6.45, 7) is 13.9. The molecule has 0 N–H and O–H groups in total. The molecule has 3 atom stereocenters. The highest BCUT2D eigenvalue weighted by molar-refractivity contribution is 5.73. The summed E-state index contributed by atoms with van der Waals surface area (Å²) in [6.07, 6.45) is 0.801. The third-order valence-corrected chi connectivity index (χ3v) is 5.53. The van der Waals surface area contributed by atoms with Gasteiger partial charge in [0.2, 0.25) is 11.8 Å². The minimum atomic E-state index is 0.156. The Morgan fingerprint density at radius 1 is 1.29 bits per heavy atom. The largest absolute Gasteiger partial charge is 0.340 e. The molecule has 0 aromatic carbocycles. The van der Waals surface area contributed by atoms with Crippen molar-refractivity contribution in [3.63, 3.8) is 0 Å². The standard InChI is InChI=1S/C17H29N5O2/c1-5-16-18-17(24-19-16)13(3)22-10-12(2)15(11-22)21-8-6-20(7-9-21)14(4)23/h12-13,15H,5-11H2,1-4H3/t12-,13-,15+/m0/s1. The summed E-state index contributed by atoms with van der Waals surface area (Å²) >= 11 is 0. The first-order valence-corrected chi connectivity index (χ1v) is 9.05. The first-order chi connectivity index (χ1) is 11.5. The van der Waals surface area contributed by atoms with Crippen molar-refractivity contribution in [3.05, 3.63) is 11.7 Å². The fourth-order valence-electron chi connectivity index (χ4n) is 3.88. The number of aryl methyl sites for hydroxylation is 1. The summed E-state index contributed by atoms with van der Waals surface area (Å²) < 4.78 is 5.43. The van der Waals surface area contributed by atoms with Gasteiger partial charge >= 0.3 is 0 Å². The maximum atomic E-state index is 11.5. The molecule has 2 saturated heterocycles. The molecule has 0 saturated carbocycles. The van der Waals surface area contributed by atoms with E-state index in [-0.39, 0.29) is 11.9 Å². The van der Waals surface area contributed by atoms with Gasteiger partial charge in [-0.15, -0.1) is 0 Å². The second-order valence-electron chi connectivity index (χ2n) is 7.12. The maximum Gasteiger partial charge on any atom is 0.243 e. The van der Waals surface area contributed by atoms with Gasteiger partial charge in [-0.3, -0.25) is 14.6 Å². The second kappa shape index (κ2) is 7.19. The lowest BCUT2D eigenvalue weighted by Gasteiger charge is -2.39. The third kappa shape index (κ3) is 3.47. The van der Waals surface area contributed by atoms with Crippen LogP contribution < -0.4 is 0 Å². The molecule has 0 unspecified atom stereocenters. The van der Waals surface area contributed by atoms with Crippen molar-refractivity contribution in [2.75, 3.05) is 39.3 Å². The first-order valence-electron chi connectivity index (χ1n) is 9.05. The van der Waals surface area contributed by atoms with Crippen LogP contribution in [-0.2, 0) is 11.2 Å². The fraction of sp³-hybridized carbons (Fsp3) is 0.824. The number of piperazine rings is 1. The molecule has 0 radical (unpaired) electrons. The number of nitrogens with zero attached hydrogens (tertiary/aromatic N) is 5. The Kier molecular flexibility index (Phi) is 5.20. The van der Waals surface area contributed by atoms with Gasteiger partial charge in [-0.05, 0) is 12.8 Å². The number of carbonyl (C=O) groups excluding carboxylic acids is 1. The van der Waals surface area contributed by atoms with Crippen LogP contribution in [0.25, 0.3) is 0 Å². The van der Waals surface area contributed by atoms with Gasteiger partial charge in [0, 0.05) is 58.7 Å². The summed E-state index contributed by atoms with van der Waals surface area (Å²) in [6, 6.07) is 0.693. The van der Waals surface area contributed by atoms with Crippen molar-refractivity contribution >= 4 is 5.91 Å². The molecule has 0 spiro atoms. The Hall–Kier alpha value is -1.47. The molecule has 3 heterocycles. The molecule has 2 aliphatic heterocycles. The average molecular weight is 335 g/mol. The lowest BCUT2D eigenvalue weighted by atomic mass is 10.0. The highest BCUT2D eigenvalue weighted by Crippen LogP contribution is 2.29. The molecule has 1 aromatic rings. The van der Waals surface area contributed by atoms with Gasteiger partial charge in [0.1, 0.15) is 0 Å². The van der Waals surface area contributed by atoms with Crippen LogP contribution in [0.15, 0.2) is 4.52 Å². The molecule has 0 bridgehead atoms. The Balaban J connectivity index is 1.59. The van der Waals surface area contributed by atoms with Gasteiger partial charge in [-0.2, -0.15) is 4.98 Å². The molecule has 1 amide bonds. The van der Waals surface area contributed by atoms with Gasteiger partial charge in [0.05, 0.1) is 6.04 Å². The summed E-state index contributed by atoms with van der Waals surface area (Å²) in [4.78, 5) is 22.9. The lowest BCUT2D eigenvalue weighted by molar-refractivity contribution is -0.130. The quantitative estimate of drug-likeness (QED) is 0.823. The van der Waals surface area contributed by atoms with E-state index in [4.69, 9.17) is 4.52 Å². The molecule has 7 heteroatoms. The number of amides is 1. The topological polar surface area (TPSA) is 65.7 Å². The Labute approximate surface area is 144 Å². The number of hydrogen-bond acceptors (Lipinski definition) is 6. The van der Waals surface area contributed by atoms with E-state index in [1.165, 1.54) is 0 Å². The van der Waals surface area contributed by atoms with Crippen LogP contribution in [0.5, 0.6) is 0 Å². The Morgan fingerprint density at radius 2 is 2.00 bits per heavy atom. The predicted octanol–water partition coefficient (Wildman–Crippen LogP) is 1.18. The van der Waals surface area contributed by atoms with Crippen molar-refractivity contribution in [2.24, 2.45) is 5.92 Å². The second-order valence-corrected chi connectivity index (χ2v) is 7.12. The third-order valence-electron chi connectivity index (χ3n) is 5.53. The SMILES string of the molecule is CCc1noc([C@H](C)N2C[C@@H](N3CCN(C(C)=O)CC3)[C@@H](C)C2)n1. The van der Waals surface area contributed by atoms with E-state index in [1.807, 2.05) is 11.8 Å². The minimum Gasteiger partial charge on any atom is -0.340 e. The van der Waals surface area contributed by atoms with Gasteiger partial charge in [-0.1, -0.05) is 19.0 Å². The number of hydrogen-bond donors (Lipinski definition) is 0. The fourth-order valence-corrected chi connectivity index (χ4v) is 3.88. The molecular weight excluding hydrogens is 306 g/mol. The summed E-state index contributed by atoms with van der Waals surface area (Å²) in [5, 5.41) is 4.02. The molecule has 2 aliphatic rings. The monoisotopic (exact) mass is 335 g/mol. The minimum absolute atomic E-state index is 0.156. The summed E-state index contributed by atoms with van der Waals surface area (Å²) in [7, 11) is 0. The normalized spacial score (nSPS) is 27.6. The first kappa shape index (κ1) is 17.4. The van der Waals surface area contributed by atoms with Gasteiger partial charge in [0.15, 0.2) is 5.82 Å². The Bertz CT molecular complexity index is 567. The van der Waals surface area contributed by atoms with E-state index < -0.39 is 0 Å². The van der Waals surface area contributed by atoms with Crippen molar-refractivity contribution in [1.82, 2.24) is 24.8 Å². The molecule has 3 rings (SSSR count). The average Bonchev–Trinajstić information content (AvgIpc) is 3.21. The zero-order valence-corrected chi connectivity index (χ0v) is 15.2. The van der Waals surface area contributed by atoms with E-state index in [1.54, 1.807) is 6.92 Å². The van der Waals surface area contributed by atoms with Crippen LogP contribution in [0.4, 0.5) is 0 Å². The van der Waals surface area contributed by atoms with Crippen molar-refractivity contribution < 1.29 is 9.32 Å². The molecule has 134 valence electrons. The van der Waals surface area contributed by atoms with Crippen LogP contribution in [0.2, 0.25) is 0 Å². The number of likely N-dealkylation sites (tertiary alicyclic amines) is 1. The molecular formula is C17H29N5O2. The summed E-state index contributed by atoms with van der Waals surface area (Å²) in [5.41, 5.74) is 0. The molecule has 1 aromatic heterocycles. The Morgan fingerprint density at radius 3 is 2.58 bits per heavy atom. The zero-order valence-electron chi connectivity index (χ0n) is 15.2.